The van der Waals surface area contributed by atoms with Crippen molar-refractivity contribution >= 4 is 19.8 Å². The number of hydrogen-bond donors (Lipinski definition) is 1. The smallest absolute Gasteiger partial charge is 0.462 e. The standard InChI is InChI=1S/C51H88NO8P/c1-6-8-10-12-14-16-18-20-22-24-25-26-27-28-30-32-34-36-38-40-42-44-51(54)60-49(48-59-61(55,56)58-46-45-52(3,4)5)47-57-50(53)43-41-39-37-35-33-31-29-23-21-19-17-15-13-11-9-7-2/h8,10,14,16,20,22-23,25-26,28-30,34,36,49H,6-7,9,11-13,15,17-19,21,24,27,31-33,35,37-48H2,1-5H3/p+1/b10-8-,16-14-,22-20-,26-25-,29-23-,30-28-,36-34-. The molecule has 2 unspecified atom stereocenters. The third-order valence-corrected chi connectivity index (χ3v) is 10.6. The quantitative estimate of drug-likeness (QED) is 0.0212. The molecule has 0 heterocycles. The highest BCUT2D eigenvalue weighted by atomic mass is 31.2. The summed E-state index contributed by atoms with van der Waals surface area (Å²) < 4.78 is 34.3. The lowest BCUT2D eigenvalue weighted by Gasteiger charge is -2.24. The predicted octanol–water partition coefficient (Wildman–Crippen LogP) is 14.0. The average Bonchev–Trinajstić information content (AvgIpc) is 3.21. The number of carbonyl (C=O) groups is 2. The maximum atomic E-state index is 12.7. The van der Waals surface area contributed by atoms with Gasteiger partial charge in [-0.15, -0.1) is 0 Å². The molecule has 0 aromatic rings. The Morgan fingerprint density at radius 1 is 0.525 bits per heavy atom. The Kier molecular flexibility index (Phi) is 40.5. The van der Waals surface area contributed by atoms with E-state index in [0.29, 0.717) is 17.4 Å². The number of unbranched alkanes of at least 4 members (excludes halogenated alkanes) is 14. The monoisotopic (exact) mass is 875 g/mol. The number of likely N-dealkylation sites (N-methyl/N-ethyl adjacent to an activating group) is 1. The second-order valence-corrected chi connectivity index (χ2v) is 18.2. The summed E-state index contributed by atoms with van der Waals surface area (Å²) in [4.78, 5) is 35.4. The molecule has 0 rings (SSSR count). The zero-order valence-electron chi connectivity index (χ0n) is 39.4. The first-order valence-electron chi connectivity index (χ1n) is 23.8. The minimum atomic E-state index is -4.40. The molecule has 0 fully saturated rings. The summed E-state index contributed by atoms with van der Waals surface area (Å²) in [5.41, 5.74) is 0. The van der Waals surface area contributed by atoms with Gasteiger partial charge < -0.3 is 18.9 Å². The first kappa shape index (κ1) is 58.2. The second-order valence-electron chi connectivity index (χ2n) is 16.8. The highest BCUT2D eigenvalue weighted by Crippen LogP contribution is 2.43. The molecule has 0 saturated carbocycles. The van der Waals surface area contributed by atoms with Crippen molar-refractivity contribution in [1.29, 1.82) is 0 Å². The van der Waals surface area contributed by atoms with Crippen LogP contribution in [-0.2, 0) is 32.7 Å². The number of phosphoric ester groups is 1. The Hall–Kier alpha value is -2.81. The van der Waals surface area contributed by atoms with Crippen LogP contribution in [0.4, 0.5) is 0 Å². The molecule has 0 spiro atoms. The van der Waals surface area contributed by atoms with Gasteiger partial charge in [0.1, 0.15) is 19.8 Å². The van der Waals surface area contributed by atoms with Crippen molar-refractivity contribution in [2.45, 2.75) is 180 Å². The lowest BCUT2D eigenvalue weighted by atomic mass is 10.1. The van der Waals surface area contributed by atoms with Gasteiger partial charge in [-0.25, -0.2) is 4.57 Å². The molecule has 0 bridgehead atoms. The SMILES string of the molecule is CC/C=C\C/C=C\C/C=C\C/C=C\C/C=C\C/C=C\CCCCC(=O)OC(COC(=O)CCCCCCC/C=C\CCCCCCCCC)COP(=O)(O)OCC[N+](C)(C)C. The van der Waals surface area contributed by atoms with E-state index in [1.165, 1.54) is 51.4 Å². The third-order valence-electron chi connectivity index (χ3n) is 9.66. The normalized spacial score (nSPS) is 14.3. The van der Waals surface area contributed by atoms with Gasteiger partial charge in [0.2, 0.25) is 0 Å². The van der Waals surface area contributed by atoms with E-state index in [4.69, 9.17) is 18.5 Å². The van der Waals surface area contributed by atoms with Crippen molar-refractivity contribution in [2.24, 2.45) is 0 Å². The average molecular weight is 875 g/mol. The molecule has 1 N–H and O–H groups in total. The molecule has 0 aliphatic carbocycles. The van der Waals surface area contributed by atoms with Crippen molar-refractivity contribution in [1.82, 2.24) is 0 Å². The molecule has 0 aliphatic rings. The van der Waals surface area contributed by atoms with Crippen molar-refractivity contribution in [3.05, 3.63) is 85.1 Å². The molecule has 9 nitrogen and oxygen atoms in total. The lowest BCUT2D eigenvalue weighted by Crippen LogP contribution is -2.37. The number of quaternary nitrogens is 1. The Labute approximate surface area is 373 Å². The number of hydrogen-bond acceptors (Lipinski definition) is 7. The van der Waals surface area contributed by atoms with Crippen LogP contribution < -0.4 is 0 Å². The molecule has 0 radical (unpaired) electrons. The van der Waals surface area contributed by atoms with Gasteiger partial charge in [-0.3, -0.25) is 18.6 Å². The highest BCUT2D eigenvalue weighted by Gasteiger charge is 2.27. The van der Waals surface area contributed by atoms with Crippen LogP contribution in [0.2, 0.25) is 0 Å². The van der Waals surface area contributed by atoms with Crippen LogP contribution in [-0.4, -0.2) is 74.9 Å². The summed E-state index contributed by atoms with van der Waals surface area (Å²) in [5.74, 6) is -0.865. The first-order chi connectivity index (χ1) is 29.5. The van der Waals surface area contributed by atoms with E-state index in [1.54, 1.807) is 0 Å². The van der Waals surface area contributed by atoms with E-state index in [9.17, 15) is 19.0 Å². The van der Waals surface area contributed by atoms with E-state index in [1.807, 2.05) is 21.1 Å². The van der Waals surface area contributed by atoms with Crippen LogP contribution in [0.1, 0.15) is 174 Å². The van der Waals surface area contributed by atoms with E-state index in [2.05, 4.69) is 98.9 Å². The van der Waals surface area contributed by atoms with Gasteiger partial charge in [0, 0.05) is 12.8 Å². The third kappa shape index (κ3) is 46.5. The highest BCUT2D eigenvalue weighted by molar-refractivity contribution is 7.47. The lowest BCUT2D eigenvalue weighted by molar-refractivity contribution is -0.870. The minimum absolute atomic E-state index is 0.0174. The van der Waals surface area contributed by atoms with Gasteiger partial charge >= 0.3 is 19.8 Å². The molecule has 2 atom stereocenters. The Morgan fingerprint density at radius 2 is 0.934 bits per heavy atom. The minimum Gasteiger partial charge on any atom is -0.462 e. The fourth-order valence-electron chi connectivity index (χ4n) is 5.95. The van der Waals surface area contributed by atoms with Crippen LogP contribution in [0.3, 0.4) is 0 Å². The van der Waals surface area contributed by atoms with Crippen LogP contribution >= 0.6 is 7.82 Å². The number of ether oxygens (including phenoxy) is 2. The van der Waals surface area contributed by atoms with Gasteiger partial charge in [-0.1, -0.05) is 157 Å². The molecular weight excluding hydrogens is 786 g/mol. The van der Waals surface area contributed by atoms with Crippen molar-refractivity contribution in [2.75, 3.05) is 47.5 Å². The Morgan fingerprint density at radius 3 is 1.44 bits per heavy atom. The van der Waals surface area contributed by atoms with Crippen LogP contribution in [0.5, 0.6) is 0 Å². The zero-order valence-corrected chi connectivity index (χ0v) is 40.3. The van der Waals surface area contributed by atoms with Crippen molar-refractivity contribution in [3.63, 3.8) is 0 Å². The number of allylic oxidation sites excluding steroid dienone is 14. The fourth-order valence-corrected chi connectivity index (χ4v) is 6.69. The summed E-state index contributed by atoms with van der Waals surface area (Å²) in [7, 11) is 1.43. The number of nitrogens with zero attached hydrogens (tertiary/aromatic N) is 1. The molecule has 350 valence electrons. The number of carbonyl (C=O) groups excluding carboxylic acids is 2. The molecule has 0 aliphatic heterocycles. The van der Waals surface area contributed by atoms with Gasteiger partial charge in [0.25, 0.3) is 0 Å². The largest absolute Gasteiger partial charge is 0.472 e. The molecule has 0 aromatic carbocycles. The summed E-state index contributed by atoms with van der Waals surface area (Å²) in [6.07, 6.45) is 54.9. The van der Waals surface area contributed by atoms with Crippen LogP contribution in [0.15, 0.2) is 85.1 Å². The van der Waals surface area contributed by atoms with Crippen molar-refractivity contribution < 1.29 is 42.1 Å². The molecule has 0 saturated heterocycles. The van der Waals surface area contributed by atoms with Crippen molar-refractivity contribution in [3.8, 4) is 0 Å². The van der Waals surface area contributed by atoms with E-state index in [-0.39, 0.29) is 26.1 Å². The molecule has 0 aromatic heterocycles. The summed E-state index contributed by atoms with van der Waals surface area (Å²) >= 11 is 0. The maximum Gasteiger partial charge on any atom is 0.472 e. The van der Waals surface area contributed by atoms with Gasteiger partial charge in [0.15, 0.2) is 6.10 Å². The number of rotatable bonds is 42. The van der Waals surface area contributed by atoms with Crippen LogP contribution in [0.25, 0.3) is 0 Å². The summed E-state index contributed by atoms with van der Waals surface area (Å²) in [5, 5.41) is 0. The predicted molar refractivity (Wildman–Crippen MR) is 256 cm³/mol. The van der Waals surface area contributed by atoms with Gasteiger partial charge in [0.05, 0.1) is 27.7 Å². The molecule has 10 heteroatoms. The molecular formula is C51H89NO8P+. The first-order valence-corrected chi connectivity index (χ1v) is 25.3. The zero-order chi connectivity index (χ0) is 45.0. The molecule has 61 heavy (non-hydrogen) atoms. The second kappa shape index (κ2) is 42.5. The van der Waals surface area contributed by atoms with Gasteiger partial charge in [-0.05, 0) is 89.9 Å². The fraction of sp³-hybridized carbons (Fsp3) is 0.686. The number of esters is 2. The maximum absolute atomic E-state index is 12.7. The van der Waals surface area contributed by atoms with E-state index >= 15 is 0 Å². The van der Waals surface area contributed by atoms with E-state index in [0.717, 1.165) is 89.9 Å². The van der Waals surface area contributed by atoms with Gasteiger partial charge in [-0.2, -0.15) is 0 Å². The Balaban J connectivity index is 4.43. The Bertz CT molecular complexity index is 1310. The molecule has 0 amide bonds. The van der Waals surface area contributed by atoms with Crippen LogP contribution in [0, 0.1) is 0 Å². The van der Waals surface area contributed by atoms with E-state index < -0.39 is 32.5 Å². The topological polar surface area (TPSA) is 108 Å². The summed E-state index contributed by atoms with van der Waals surface area (Å²) in [6.45, 7) is 4.23. The number of phosphoric acid groups is 1. The summed E-state index contributed by atoms with van der Waals surface area (Å²) in [6, 6.07) is 0.